The van der Waals surface area contributed by atoms with Crippen LogP contribution in [0.2, 0.25) is 0 Å². The van der Waals surface area contributed by atoms with E-state index in [0.717, 1.165) is 42.7 Å². The lowest BCUT2D eigenvalue weighted by Crippen LogP contribution is -2.35. The van der Waals surface area contributed by atoms with Gasteiger partial charge in [0.25, 0.3) is 0 Å². The maximum atomic E-state index is 13.0. The van der Waals surface area contributed by atoms with E-state index < -0.39 is 10.0 Å². The summed E-state index contributed by atoms with van der Waals surface area (Å²) in [7, 11) is -1.79. The van der Waals surface area contributed by atoms with Gasteiger partial charge in [-0.05, 0) is 69.0 Å². The lowest BCUT2D eigenvalue weighted by molar-refractivity contribution is 0.282. The third kappa shape index (κ3) is 4.82. The van der Waals surface area contributed by atoms with Crippen molar-refractivity contribution in [2.45, 2.75) is 43.5 Å². The smallest absolute Gasteiger partial charge is 0.243 e. The van der Waals surface area contributed by atoms with Crippen LogP contribution in [-0.4, -0.2) is 39.0 Å². The molecule has 0 N–H and O–H groups in total. The second-order valence-corrected chi connectivity index (χ2v) is 8.78. The van der Waals surface area contributed by atoms with E-state index in [9.17, 15) is 8.42 Å². The van der Waals surface area contributed by atoms with Gasteiger partial charge in [-0.15, -0.1) is 0 Å². The Balaban J connectivity index is 1.54. The summed E-state index contributed by atoms with van der Waals surface area (Å²) < 4.78 is 38.5. The summed E-state index contributed by atoms with van der Waals surface area (Å²) in [5.74, 6) is 1.59. The van der Waals surface area contributed by atoms with Crippen LogP contribution in [-0.2, 0) is 10.0 Å². The van der Waals surface area contributed by atoms with Crippen molar-refractivity contribution in [3.63, 3.8) is 0 Å². The zero-order valence-corrected chi connectivity index (χ0v) is 16.7. The molecule has 5 nitrogen and oxygen atoms in total. The van der Waals surface area contributed by atoms with Crippen molar-refractivity contribution < 1.29 is 17.9 Å². The summed E-state index contributed by atoms with van der Waals surface area (Å²) in [5.41, 5.74) is 1.06. The van der Waals surface area contributed by atoms with Gasteiger partial charge in [0.05, 0.1) is 18.6 Å². The SMILES string of the molecule is COc1ccc(OCCCC2CCCN2S(=O)(=O)c2ccc(C)cc2)cc1. The Labute approximate surface area is 162 Å². The van der Waals surface area contributed by atoms with Crippen molar-refractivity contribution in [3.05, 3.63) is 54.1 Å². The fourth-order valence-corrected chi connectivity index (χ4v) is 5.16. The second-order valence-electron chi connectivity index (χ2n) is 6.89. The molecule has 0 aromatic heterocycles. The van der Waals surface area contributed by atoms with Crippen LogP contribution in [0.4, 0.5) is 0 Å². The first-order valence-electron chi connectivity index (χ1n) is 9.36. The summed E-state index contributed by atoms with van der Waals surface area (Å²) in [4.78, 5) is 0.384. The number of rotatable bonds is 8. The van der Waals surface area contributed by atoms with Crippen LogP contribution in [0.15, 0.2) is 53.4 Å². The van der Waals surface area contributed by atoms with Crippen LogP contribution in [0.3, 0.4) is 0 Å². The number of hydrogen-bond donors (Lipinski definition) is 0. The number of ether oxygens (including phenoxy) is 2. The summed E-state index contributed by atoms with van der Waals surface area (Å²) in [5, 5.41) is 0. The molecule has 0 amide bonds. The summed E-state index contributed by atoms with van der Waals surface area (Å²) in [6.45, 7) is 3.12. The van der Waals surface area contributed by atoms with Crippen LogP contribution >= 0.6 is 0 Å². The third-order valence-electron chi connectivity index (χ3n) is 4.96. The van der Waals surface area contributed by atoms with E-state index in [1.54, 1.807) is 23.5 Å². The van der Waals surface area contributed by atoms with Gasteiger partial charge in [-0.25, -0.2) is 8.42 Å². The van der Waals surface area contributed by atoms with Gasteiger partial charge >= 0.3 is 0 Å². The molecule has 2 aromatic carbocycles. The third-order valence-corrected chi connectivity index (χ3v) is 6.93. The molecule has 1 unspecified atom stereocenters. The number of hydrogen-bond acceptors (Lipinski definition) is 4. The normalized spacial score (nSPS) is 17.8. The molecule has 2 aromatic rings. The van der Waals surface area contributed by atoms with Gasteiger partial charge in [-0.2, -0.15) is 4.31 Å². The van der Waals surface area contributed by atoms with Gasteiger partial charge in [0.2, 0.25) is 10.0 Å². The largest absolute Gasteiger partial charge is 0.497 e. The quantitative estimate of drug-likeness (QED) is 0.640. The minimum Gasteiger partial charge on any atom is -0.497 e. The van der Waals surface area contributed by atoms with E-state index in [0.29, 0.717) is 18.0 Å². The predicted octanol–water partition coefficient (Wildman–Crippen LogP) is 4.02. The first-order chi connectivity index (χ1) is 13.0. The van der Waals surface area contributed by atoms with Gasteiger partial charge in [0.15, 0.2) is 0 Å². The molecule has 1 aliphatic rings. The van der Waals surface area contributed by atoms with Gasteiger partial charge in [0, 0.05) is 12.6 Å². The predicted molar refractivity (Wildman–Crippen MR) is 106 cm³/mol. The lowest BCUT2D eigenvalue weighted by Gasteiger charge is -2.24. The highest BCUT2D eigenvalue weighted by Crippen LogP contribution is 2.29. The topological polar surface area (TPSA) is 55.8 Å². The molecular formula is C21H27NO4S. The highest BCUT2D eigenvalue weighted by atomic mass is 32.2. The Morgan fingerprint density at radius 1 is 1.04 bits per heavy atom. The minimum absolute atomic E-state index is 0.0516. The van der Waals surface area contributed by atoms with E-state index in [2.05, 4.69) is 0 Å². The minimum atomic E-state index is -3.42. The highest BCUT2D eigenvalue weighted by molar-refractivity contribution is 7.89. The van der Waals surface area contributed by atoms with Crippen molar-refractivity contribution in [2.75, 3.05) is 20.3 Å². The first-order valence-corrected chi connectivity index (χ1v) is 10.8. The van der Waals surface area contributed by atoms with Crippen molar-refractivity contribution in [3.8, 4) is 11.5 Å². The van der Waals surface area contributed by atoms with Gasteiger partial charge in [0.1, 0.15) is 11.5 Å². The Morgan fingerprint density at radius 3 is 2.37 bits per heavy atom. The molecule has 0 saturated carbocycles. The Morgan fingerprint density at radius 2 is 1.70 bits per heavy atom. The molecule has 27 heavy (non-hydrogen) atoms. The van der Waals surface area contributed by atoms with Crippen LogP contribution in [0.1, 0.15) is 31.2 Å². The number of benzene rings is 2. The average molecular weight is 390 g/mol. The lowest BCUT2D eigenvalue weighted by atomic mass is 10.1. The number of sulfonamides is 1. The van der Waals surface area contributed by atoms with Gasteiger partial charge in [-0.1, -0.05) is 17.7 Å². The van der Waals surface area contributed by atoms with Crippen LogP contribution in [0.25, 0.3) is 0 Å². The molecular weight excluding hydrogens is 362 g/mol. The summed E-state index contributed by atoms with van der Waals surface area (Å²) in [6.07, 6.45) is 3.45. The second kappa shape index (κ2) is 8.76. The van der Waals surface area contributed by atoms with Crippen molar-refractivity contribution in [1.29, 1.82) is 0 Å². The maximum Gasteiger partial charge on any atom is 0.243 e. The van der Waals surface area contributed by atoms with E-state index in [1.165, 1.54) is 0 Å². The fourth-order valence-electron chi connectivity index (χ4n) is 3.44. The molecule has 3 rings (SSSR count). The Hall–Kier alpha value is -2.05. The highest BCUT2D eigenvalue weighted by Gasteiger charge is 2.34. The Kier molecular flexibility index (Phi) is 6.39. The van der Waals surface area contributed by atoms with E-state index in [1.807, 2.05) is 43.3 Å². The zero-order valence-electron chi connectivity index (χ0n) is 15.9. The zero-order chi connectivity index (χ0) is 19.3. The standard InChI is InChI=1S/C21H27NO4S/c1-17-7-13-21(14-8-17)27(23,24)22-15-3-5-18(22)6-4-16-26-20-11-9-19(25-2)10-12-20/h7-14,18H,3-6,15-16H2,1-2H3. The molecule has 1 fully saturated rings. The molecule has 1 atom stereocenters. The first kappa shape index (κ1) is 19.7. The van der Waals surface area contributed by atoms with E-state index in [-0.39, 0.29) is 6.04 Å². The molecule has 1 saturated heterocycles. The fraction of sp³-hybridized carbons (Fsp3) is 0.429. The molecule has 1 heterocycles. The molecule has 1 aliphatic heterocycles. The molecule has 0 spiro atoms. The van der Waals surface area contributed by atoms with Crippen molar-refractivity contribution >= 4 is 10.0 Å². The molecule has 0 bridgehead atoms. The van der Waals surface area contributed by atoms with E-state index >= 15 is 0 Å². The number of methoxy groups -OCH3 is 1. The van der Waals surface area contributed by atoms with Crippen molar-refractivity contribution in [2.24, 2.45) is 0 Å². The van der Waals surface area contributed by atoms with Crippen molar-refractivity contribution in [1.82, 2.24) is 4.31 Å². The number of nitrogens with zero attached hydrogens (tertiary/aromatic N) is 1. The molecule has 0 radical (unpaired) electrons. The van der Waals surface area contributed by atoms with E-state index in [4.69, 9.17) is 9.47 Å². The monoisotopic (exact) mass is 389 g/mol. The molecule has 0 aliphatic carbocycles. The van der Waals surface area contributed by atoms with Gasteiger partial charge < -0.3 is 9.47 Å². The van der Waals surface area contributed by atoms with Crippen LogP contribution < -0.4 is 9.47 Å². The summed E-state index contributed by atoms with van der Waals surface area (Å²) >= 11 is 0. The number of aryl methyl sites for hydroxylation is 1. The van der Waals surface area contributed by atoms with Crippen LogP contribution in [0.5, 0.6) is 11.5 Å². The average Bonchev–Trinajstić information content (AvgIpc) is 3.15. The molecule has 146 valence electrons. The maximum absolute atomic E-state index is 13.0. The molecule has 6 heteroatoms. The Bertz CT molecular complexity index is 831. The van der Waals surface area contributed by atoms with Gasteiger partial charge in [-0.3, -0.25) is 0 Å². The van der Waals surface area contributed by atoms with Crippen LogP contribution in [0, 0.1) is 6.92 Å². The summed E-state index contributed by atoms with van der Waals surface area (Å²) in [6, 6.07) is 14.6.